The molecule has 0 amide bonds. The van der Waals surface area contributed by atoms with E-state index in [1.807, 2.05) is 6.07 Å². The first-order valence-electron chi connectivity index (χ1n) is 5.28. The first-order chi connectivity index (χ1) is 7.15. The Balaban J connectivity index is 2.91. The van der Waals surface area contributed by atoms with Crippen molar-refractivity contribution >= 4 is 16.6 Å². The monoisotopic (exact) mass is 200 g/mol. The number of aromatic nitrogens is 1. The molecule has 78 valence electrons. The van der Waals surface area contributed by atoms with Crippen LogP contribution in [0.4, 0.5) is 5.82 Å². The van der Waals surface area contributed by atoms with Crippen molar-refractivity contribution in [2.75, 3.05) is 5.73 Å². The highest BCUT2D eigenvalue weighted by Gasteiger charge is 2.07. The maximum absolute atomic E-state index is 5.87. The Morgan fingerprint density at radius 1 is 1.27 bits per heavy atom. The second kappa shape index (κ2) is 3.54. The molecule has 0 saturated heterocycles. The largest absolute Gasteiger partial charge is 0.383 e. The van der Waals surface area contributed by atoms with Gasteiger partial charge in [-0.3, -0.25) is 0 Å². The summed E-state index contributed by atoms with van der Waals surface area (Å²) in [5, 5.41) is 2.30. The SMILES string of the molecule is CCc1c(C)cc2c(N)nccc2c1C. The Morgan fingerprint density at radius 2 is 2.00 bits per heavy atom. The molecule has 15 heavy (non-hydrogen) atoms. The predicted molar refractivity (Wildman–Crippen MR) is 65.0 cm³/mol. The fourth-order valence-corrected chi connectivity index (χ4v) is 2.27. The molecule has 0 fully saturated rings. The van der Waals surface area contributed by atoms with Crippen molar-refractivity contribution in [2.45, 2.75) is 27.2 Å². The maximum atomic E-state index is 5.87. The molecule has 2 aromatic rings. The first-order valence-corrected chi connectivity index (χ1v) is 5.28. The fourth-order valence-electron chi connectivity index (χ4n) is 2.27. The van der Waals surface area contributed by atoms with Crippen LogP contribution in [0.2, 0.25) is 0 Å². The van der Waals surface area contributed by atoms with Crippen LogP contribution in [-0.2, 0) is 6.42 Å². The van der Waals surface area contributed by atoms with Crippen LogP contribution in [0.15, 0.2) is 18.3 Å². The van der Waals surface area contributed by atoms with Gasteiger partial charge in [-0.05, 0) is 54.5 Å². The smallest absolute Gasteiger partial charge is 0.131 e. The van der Waals surface area contributed by atoms with E-state index in [0.717, 1.165) is 11.8 Å². The minimum atomic E-state index is 0.626. The van der Waals surface area contributed by atoms with Gasteiger partial charge in [0.1, 0.15) is 5.82 Å². The van der Waals surface area contributed by atoms with Gasteiger partial charge in [0.2, 0.25) is 0 Å². The van der Waals surface area contributed by atoms with Crippen LogP contribution < -0.4 is 5.73 Å². The molecule has 0 aliphatic heterocycles. The second-order valence-electron chi connectivity index (χ2n) is 3.94. The second-order valence-corrected chi connectivity index (χ2v) is 3.94. The van der Waals surface area contributed by atoms with Crippen LogP contribution >= 0.6 is 0 Å². The van der Waals surface area contributed by atoms with Gasteiger partial charge in [-0.1, -0.05) is 6.92 Å². The van der Waals surface area contributed by atoms with E-state index < -0.39 is 0 Å². The Kier molecular flexibility index (Phi) is 2.35. The Hall–Kier alpha value is -1.57. The van der Waals surface area contributed by atoms with Crippen molar-refractivity contribution in [3.8, 4) is 0 Å². The molecule has 0 saturated carbocycles. The highest BCUT2D eigenvalue weighted by molar-refractivity contribution is 5.94. The minimum Gasteiger partial charge on any atom is -0.383 e. The van der Waals surface area contributed by atoms with E-state index in [0.29, 0.717) is 5.82 Å². The number of fused-ring (bicyclic) bond motifs is 1. The number of nitrogen functional groups attached to an aromatic ring is 1. The first kappa shape index (κ1) is 9.97. The van der Waals surface area contributed by atoms with Crippen molar-refractivity contribution in [3.63, 3.8) is 0 Å². The molecule has 0 atom stereocenters. The van der Waals surface area contributed by atoms with E-state index in [-0.39, 0.29) is 0 Å². The molecule has 0 aliphatic carbocycles. The quantitative estimate of drug-likeness (QED) is 0.768. The molecule has 1 aromatic heterocycles. The van der Waals surface area contributed by atoms with Gasteiger partial charge in [-0.25, -0.2) is 4.98 Å². The standard InChI is InChI=1S/C13H16N2/c1-4-10-8(2)7-12-11(9(10)3)5-6-15-13(12)14/h5-7H,4H2,1-3H3,(H2,14,15). The van der Waals surface area contributed by atoms with Gasteiger partial charge in [-0.15, -0.1) is 0 Å². The molecule has 2 rings (SSSR count). The molecule has 0 spiro atoms. The predicted octanol–water partition coefficient (Wildman–Crippen LogP) is 3.00. The summed E-state index contributed by atoms with van der Waals surface area (Å²) in [4.78, 5) is 4.12. The maximum Gasteiger partial charge on any atom is 0.131 e. The summed E-state index contributed by atoms with van der Waals surface area (Å²) in [7, 11) is 0. The van der Waals surface area contributed by atoms with Crippen LogP contribution in [0.25, 0.3) is 10.8 Å². The summed E-state index contributed by atoms with van der Waals surface area (Å²) < 4.78 is 0. The van der Waals surface area contributed by atoms with Crippen LogP contribution in [0.5, 0.6) is 0 Å². The molecular formula is C13H16N2. The molecule has 2 heteroatoms. The zero-order valence-electron chi connectivity index (χ0n) is 9.46. The third kappa shape index (κ3) is 1.46. The van der Waals surface area contributed by atoms with Crippen molar-refractivity contribution in [2.24, 2.45) is 0 Å². The van der Waals surface area contributed by atoms with Crippen molar-refractivity contribution in [1.82, 2.24) is 4.98 Å². The summed E-state index contributed by atoms with van der Waals surface area (Å²) in [5.74, 6) is 0.626. The van der Waals surface area contributed by atoms with Gasteiger partial charge in [-0.2, -0.15) is 0 Å². The number of aryl methyl sites for hydroxylation is 2. The Labute approximate surface area is 90.1 Å². The van der Waals surface area contributed by atoms with Gasteiger partial charge in [0.15, 0.2) is 0 Å². The Morgan fingerprint density at radius 3 is 2.67 bits per heavy atom. The number of rotatable bonds is 1. The molecular weight excluding hydrogens is 184 g/mol. The zero-order valence-corrected chi connectivity index (χ0v) is 9.46. The molecule has 0 unspecified atom stereocenters. The Bertz CT molecular complexity index is 515. The summed E-state index contributed by atoms with van der Waals surface area (Å²) >= 11 is 0. The average Bonchev–Trinajstić information content (AvgIpc) is 2.20. The lowest BCUT2D eigenvalue weighted by molar-refractivity contribution is 1.09. The number of hydrogen-bond acceptors (Lipinski definition) is 2. The van der Waals surface area contributed by atoms with E-state index in [1.165, 1.54) is 22.1 Å². The van der Waals surface area contributed by atoms with Gasteiger partial charge < -0.3 is 5.73 Å². The molecule has 0 aliphatic rings. The summed E-state index contributed by atoms with van der Waals surface area (Å²) in [6.45, 7) is 6.48. The number of pyridine rings is 1. The highest BCUT2D eigenvalue weighted by atomic mass is 14.8. The average molecular weight is 200 g/mol. The van der Waals surface area contributed by atoms with Crippen LogP contribution in [-0.4, -0.2) is 4.98 Å². The lowest BCUT2D eigenvalue weighted by atomic mass is 9.95. The topological polar surface area (TPSA) is 38.9 Å². The molecule has 2 N–H and O–H groups in total. The van der Waals surface area contributed by atoms with Gasteiger partial charge in [0, 0.05) is 11.6 Å². The van der Waals surface area contributed by atoms with Crippen LogP contribution in [0, 0.1) is 13.8 Å². The summed E-state index contributed by atoms with van der Waals surface area (Å²) in [6.07, 6.45) is 2.84. The third-order valence-electron chi connectivity index (χ3n) is 3.07. The zero-order chi connectivity index (χ0) is 11.0. The molecule has 1 heterocycles. The van der Waals surface area contributed by atoms with Crippen molar-refractivity contribution in [1.29, 1.82) is 0 Å². The van der Waals surface area contributed by atoms with E-state index in [2.05, 4.69) is 31.8 Å². The molecule has 0 radical (unpaired) electrons. The van der Waals surface area contributed by atoms with Crippen LogP contribution in [0.3, 0.4) is 0 Å². The minimum absolute atomic E-state index is 0.626. The third-order valence-corrected chi connectivity index (χ3v) is 3.07. The van der Waals surface area contributed by atoms with Crippen LogP contribution in [0.1, 0.15) is 23.6 Å². The lowest BCUT2D eigenvalue weighted by Crippen LogP contribution is -1.97. The van der Waals surface area contributed by atoms with Gasteiger partial charge in [0.05, 0.1) is 0 Å². The molecule has 1 aromatic carbocycles. The number of anilines is 1. The number of benzene rings is 1. The van der Waals surface area contributed by atoms with E-state index in [9.17, 15) is 0 Å². The summed E-state index contributed by atoms with van der Waals surface area (Å²) in [5.41, 5.74) is 9.94. The lowest BCUT2D eigenvalue weighted by Gasteiger charge is -2.12. The molecule has 2 nitrogen and oxygen atoms in total. The van der Waals surface area contributed by atoms with Crippen molar-refractivity contribution in [3.05, 3.63) is 35.0 Å². The number of hydrogen-bond donors (Lipinski definition) is 1. The van der Waals surface area contributed by atoms with Crippen molar-refractivity contribution < 1.29 is 0 Å². The van der Waals surface area contributed by atoms with E-state index in [1.54, 1.807) is 6.20 Å². The van der Waals surface area contributed by atoms with E-state index in [4.69, 9.17) is 5.73 Å². The fraction of sp³-hybridized carbons (Fsp3) is 0.308. The van der Waals surface area contributed by atoms with E-state index >= 15 is 0 Å². The summed E-state index contributed by atoms with van der Waals surface area (Å²) in [6, 6.07) is 4.18. The normalized spacial score (nSPS) is 10.9. The molecule has 0 bridgehead atoms. The number of nitrogens with zero attached hydrogens (tertiary/aromatic N) is 1. The van der Waals surface area contributed by atoms with Gasteiger partial charge >= 0.3 is 0 Å². The number of nitrogens with two attached hydrogens (primary N) is 1. The highest BCUT2D eigenvalue weighted by Crippen LogP contribution is 2.27. The van der Waals surface area contributed by atoms with Gasteiger partial charge in [0.25, 0.3) is 0 Å².